The van der Waals surface area contributed by atoms with E-state index in [4.69, 9.17) is 9.52 Å². The average molecular weight is 326 g/mol. The van der Waals surface area contributed by atoms with Crippen LogP contribution in [0.15, 0.2) is 33.2 Å². The normalized spacial score (nSPS) is 16.5. The molecule has 0 aliphatic carbocycles. The molecule has 104 valence electrons. The lowest BCUT2D eigenvalue weighted by Crippen LogP contribution is -2.35. The van der Waals surface area contributed by atoms with E-state index >= 15 is 0 Å². The highest BCUT2D eigenvalue weighted by Gasteiger charge is 2.17. The van der Waals surface area contributed by atoms with E-state index in [1.807, 2.05) is 19.1 Å². The Labute approximate surface area is 122 Å². The summed E-state index contributed by atoms with van der Waals surface area (Å²) in [5, 5.41) is 13.7. The van der Waals surface area contributed by atoms with Crippen LogP contribution < -0.4 is 5.32 Å². The fourth-order valence-electron chi connectivity index (χ4n) is 2.05. The van der Waals surface area contributed by atoms with Crippen LogP contribution in [-0.4, -0.2) is 17.8 Å². The second-order valence-corrected chi connectivity index (χ2v) is 6.08. The van der Waals surface area contributed by atoms with Crippen LogP contribution in [0.25, 0.3) is 11.0 Å². The van der Waals surface area contributed by atoms with Crippen molar-refractivity contribution in [1.82, 2.24) is 5.32 Å². The lowest BCUT2D eigenvalue weighted by molar-refractivity contribution is 0.200. The Morgan fingerprint density at radius 3 is 2.68 bits per heavy atom. The summed E-state index contributed by atoms with van der Waals surface area (Å²) in [5.41, 5.74) is 0.898. The summed E-state index contributed by atoms with van der Waals surface area (Å²) in [6, 6.07) is 8.41. The molecule has 2 N–H and O–H groups in total. The highest BCUT2D eigenvalue weighted by Crippen LogP contribution is 2.27. The molecule has 4 heteroatoms. The van der Waals surface area contributed by atoms with Crippen molar-refractivity contribution < 1.29 is 9.52 Å². The first-order valence-corrected chi connectivity index (χ1v) is 7.36. The maximum Gasteiger partial charge on any atom is 0.134 e. The molecule has 1 aromatic carbocycles. The van der Waals surface area contributed by atoms with Gasteiger partial charge >= 0.3 is 0 Å². The van der Waals surface area contributed by atoms with Crippen LogP contribution in [-0.2, 0) is 0 Å². The predicted octanol–water partition coefficient (Wildman–Crippen LogP) is 3.86. The van der Waals surface area contributed by atoms with Crippen molar-refractivity contribution in [2.45, 2.75) is 32.9 Å². The SMILES string of the molecule is CC(NC(C)C(C)CO)c1cc2cc(Br)ccc2o1. The Balaban J connectivity index is 2.15. The maximum absolute atomic E-state index is 9.16. The van der Waals surface area contributed by atoms with Gasteiger partial charge in [0, 0.05) is 22.5 Å². The van der Waals surface area contributed by atoms with E-state index in [2.05, 4.69) is 47.2 Å². The van der Waals surface area contributed by atoms with E-state index in [0.717, 1.165) is 21.2 Å². The molecule has 3 nitrogen and oxygen atoms in total. The first-order chi connectivity index (χ1) is 9.01. The van der Waals surface area contributed by atoms with Crippen molar-refractivity contribution >= 4 is 26.9 Å². The number of aliphatic hydroxyl groups excluding tert-OH is 1. The third-order valence-corrected chi connectivity index (χ3v) is 4.07. The van der Waals surface area contributed by atoms with E-state index in [9.17, 15) is 0 Å². The standard InChI is InChI=1S/C15H20BrNO2/c1-9(8-18)10(2)17-11(3)15-7-12-6-13(16)4-5-14(12)19-15/h4-7,9-11,17-18H,8H2,1-3H3. The Bertz CT molecular complexity index is 552. The number of nitrogens with one attached hydrogen (secondary N) is 1. The number of fused-ring (bicyclic) bond motifs is 1. The first-order valence-electron chi connectivity index (χ1n) is 6.57. The van der Waals surface area contributed by atoms with Gasteiger partial charge in [0.15, 0.2) is 0 Å². The fourth-order valence-corrected chi connectivity index (χ4v) is 2.43. The predicted molar refractivity (Wildman–Crippen MR) is 81.2 cm³/mol. The maximum atomic E-state index is 9.16. The lowest BCUT2D eigenvalue weighted by Gasteiger charge is -2.22. The van der Waals surface area contributed by atoms with Crippen LogP contribution >= 0.6 is 15.9 Å². The Kier molecular flexibility index (Phi) is 4.66. The van der Waals surface area contributed by atoms with Gasteiger partial charge < -0.3 is 14.8 Å². The minimum atomic E-state index is 0.121. The summed E-state index contributed by atoms with van der Waals surface area (Å²) in [6.07, 6.45) is 0. The Hall–Kier alpha value is -0.840. The monoisotopic (exact) mass is 325 g/mol. The molecule has 2 aromatic rings. The Morgan fingerprint density at radius 2 is 2.00 bits per heavy atom. The molecule has 1 aromatic heterocycles. The van der Waals surface area contributed by atoms with Crippen LogP contribution in [0.3, 0.4) is 0 Å². The average Bonchev–Trinajstić information content (AvgIpc) is 2.80. The zero-order chi connectivity index (χ0) is 14.0. The van der Waals surface area contributed by atoms with Crippen molar-refractivity contribution in [2.24, 2.45) is 5.92 Å². The van der Waals surface area contributed by atoms with Crippen molar-refractivity contribution in [3.63, 3.8) is 0 Å². The molecule has 3 atom stereocenters. The van der Waals surface area contributed by atoms with Gasteiger partial charge in [0.1, 0.15) is 11.3 Å². The third kappa shape index (κ3) is 3.38. The van der Waals surface area contributed by atoms with Gasteiger partial charge in [0.05, 0.1) is 6.04 Å². The van der Waals surface area contributed by atoms with Gasteiger partial charge in [-0.25, -0.2) is 0 Å². The quantitative estimate of drug-likeness (QED) is 0.877. The molecule has 0 saturated heterocycles. The Morgan fingerprint density at radius 1 is 1.26 bits per heavy atom. The van der Waals surface area contributed by atoms with Gasteiger partial charge in [0.2, 0.25) is 0 Å². The van der Waals surface area contributed by atoms with Gasteiger partial charge in [-0.15, -0.1) is 0 Å². The molecule has 2 rings (SSSR count). The second kappa shape index (κ2) is 6.07. The third-order valence-electron chi connectivity index (χ3n) is 3.58. The van der Waals surface area contributed by atoms with E-state index in [1.54, 1.807) is 0 Å². The molecule has 3 unspecified atom stereocenters. The number of furan rings is 1. The minimum Gasteiger partial charge on any atom is -0.459 e. The largest absolute Gasteiger partial charge is 0.459 e. The summed E-state index contributed by atoms with van der Waals surface area (Å²) >= 11 is 3.46. The summed E-state index contributed by atoms with van der Waals surface area (Å²) in [5.74, 6) is 1.14. The van der Waals surface area contributed by atoms with Crippen LogP contribution in [0.1, 0.15) is 32.6 Å². The molecule has 0 radical (unpaired) electrons. The lowest BCUT2D eigenvalue weighted by atomic mass is 10.0. The van der Waals surface area contributed by atoms with Crippen molar-refractivity contribution in [2.75, 3.05) is 6.61 Å². The molecule has 0 fully saturated rings. The molecule has 19 heavy (non-hydrogen) atoms. The first kappa shape index (κ1) is 14.6. The zero-order valence-corrected chi connectivity index (χ0v) is 13.1. The number of halogens is 1. The summed E-state index contributed by atoms with van der Waals surface area (Å²) in [7, 11) is 0. The molecule has 0 amide bonds. The number of rotatable bonds is 5. The molecular formula is C15H20BrNO2. The van der Waals surface area contributed by atoms with Crippen molar-refractivity contribution in [3.05, 3.63) is 34.5 Å². The number of benzene rings is 1. The molecule has 0 bridgehead atoms. The van der Waals surface area contributed by atoms with Gasteiger partial charge in [-0.1, -0.05) is 22.9 Å². The summed E-state index contributed by atoms with van der Waals surface area (Å²) < 4.78 is 6.90. The van der Waals surface area contributed by atoms with Crippen LogP contribution in [0, 0.1) is 5.92 Å². The summed E-state index contributed by atoms with van der Waals surface area (Å²) in [6.45, 7) is 6.37. The molecule has 0 aliphatic rings. The van der Waals surface area contributed by atoms with Crippen molar-refractivity contribution in [1.29, 1.82) is 0 Å². The fraction of sp³-hybridized carbons (Fsp3) is 0.467. The van der Waals surface area contributed by atoms with E-state index < -0.39 is 0 Å². The molecule has 0 saturated carbocycles. The van der Waals surface area contributed by atoms with Gasteiger partial charge in [-0.2, -0.15) is 0 Å². The molecular weight excluding hydrogens is 306 g/mol. The van der Waals surface area contributed by atoms with Crippen LogP contribution in [0.4, 0.5) is 0 Å². The number of aliphatic hydroxyl groups is 1. The molecule has 1 heterocycles. The van der Waals surface area contributed by atoms with E-state index in [1.165, 1.54) is 0 Å². The number of hydrogen-bond acceptors (Lipinski definition) is 3. The minimum absolute atomic E-state index is 0.121. The highest BCUT2D eigenvalue weighted by molar-refractivity contribution is 9.10. The van der Waals surface area contributed by atoms with E-state index in [-0.39, 0.29) is 24.6 Å². The van der Waals surface area contributed by atoms with Crippen molar-refractivity contribution in [3.8, 4) is 0 Å². The van der Waals surface area contributed by atoms with Crippen LogP contribution in [0.5, 0.6) is 0 Å². The second-order valence-electron chi connectivity index (χ2n) is 5.17. The number of hydrogen-bond donors (Lipinski definition) is 2. The zero-order valence-electron chi connectivity index (χ0n) is 11.5. The smallest absolute Gasteiger partial charge is 0.134 e. The molecule has 0 aliphatic heterocycles. The van der Waals surface area contributed by atoms with Crippen LogP contribution in [0.2, 0.25) is 0 Å². The van der Waals surface area contributed by atoms with Gasteiger partial charge in [0.25, 0.3) is 0 Å². The van der Waals surface area contributed by atoms with E-state index in [0.29, 0.717) is 0 Å². The summed E-state index contributed by atoms with van der Waals surface area (Å²) in [4.78, 5) is 0. The topological polar surface area (TPSA) is 45.4 Å². The van der Waals surface area contributed by atoms with Gasteiger partial charge in [-0.05, 0) is 44.0 Å². The molecule has 0 spiro atoms. The highest BCUT2D eigenvalue weighted by atomic mass is 79.9. The van der Waals surface area contributed by atoms with Gasteiger partial charge in [-0.3, -0.25) is 0 Å².